The molecule has 3 rings (SSSR count). The van der Waals surface area contributed by atoms with Gasteiger partial charge in [-0.15, -0.1) is 0 Å². The summed E-state index contributed by atoms with van der Waals surface area (Å²) in [5.74, 6) is 0.395. The lowest BCUT2D eigenvalue weighted by atomic mass is 10.1. The van der Waals surface area contributed by atoms with E-state index in [1.165, 1.54) is 6.07 Å². The third kappa shape index (κ3) is 1.74. The van der Waals surface area contributed by atoms with Crippen molar-refractivity contribution in [2.24, 2.45) is 0 Å². The molecule has 0 unspecified atom stereocenters. The number of benzene rings is 1. The van der Waals surface area contributed by atoms with E-state index >= 15 is 0 Å². The van der Waals surface area contributed by atoms with Crippen molar-refractivity contribution in [2.45, 2.75) is 13.3 Å². The Morgan fingerprint density at radius 1 is 1.32 bits per heavy atom. The van der Waals surface area contributed by atoms with Crippen LogP contribution in [0.25, 0.3) is 16.6 Å². The molecule has 4 nitrogen and oxygen atoms in total. The van der Waals surface area contributed by atoms with E-state index in [0.717, 1.165) is 11.2 Å². The van der Waals surface area contributed by atoms with Gasteiger partial charge in [0.1, 0.15) is 11.5 Å². The van der Waals surface area contributed by atoms with Crippen LogP contribution in [0.3, 0.4) is 0 Å². The zero-order valence-electron chi connectivity index (χ0n) is 10.5. The second-order valence-electron chi connectivity index (χ2n) is 4.26. The number of rotatable bonds is 2. The van der Waals surface area contributed by atoms with Crippen LogP contribution in [-0.4, -0.2) is 14.5 Å². The number of nitrogen functional groups attached to an aromatic ring is 1. The number of imidazole rings is 1. The molecule has 0 fully saturated rings. The summed E-state index contributed by atoms with van der Waals surface area (Å²) in [5, 5.41) is 0.745. The van der Waals surface area contributed by atoms with Gasteiger partial charge in [-0.3, -0.25) is 9.55 Å². The molecule has 0 aliphatic heterocycles. The molecule has 96 valence electrons. The van der Waals surface area contributed by atoms with Crippen molar-refractivity contribution >= 4 is 16.6 Å². The lowest BCUT2D eigenvalue weighted by molar-refractivity contribution is 0.618. The van der Waals surface area contributed by atoms with Crippen molar-refractivity contribution in [2.75, 3.05) is 5.73 Å². The summed E-state index contributed by atoms with van der Waals surface area (Å²) in [6, 6.07) is 4.96. The van der Waals surface area contributed by atoms with Crippen molar-refractivity contribution < 1.29 is 4.39 Å². The van der Waals surface area contributed by atoms with Crippen molar-refractivity contribution in [3.05, 3.63) is 48.4 Å². The first kappa shape index (κ1) is 11.6. The number of nitrogens with two attached hydrogens (primary N) is 1. The molecule has 0 amide bonds. The first-order valence-electron chi connectivity index (χ1n) is 6.07. The summed E-state index contributed by atoms with van der Waals surface area (Å²) in [7, 11) is 0. The van der Waals surface area contributed by atoms with Crippen LogP contribution in [0.2, 0.25) is 0 Å². The highest BCUT2D eigenvalue weighted by atomic mass is 19.1. The maximum Gasteiger partial charge on any atom is 0.151 e. The number of hydrogen-bond donors (Lipinski definition) is 1. The normalized spacial score (nSPS) is 11.1. The predicted octanol–water partition coefficient (Wildman–Crippen LogP) is 2.70. The lowest BCUT2D eigenvalue weighted by Crippen LogP contribution is -2.05. The maximum absolute atomic E-state index is 14.3. The first-order chi connectivity index (χ1) is 9.22. The second kappa shape index (κ2) is 4.35. The number of nitrogens with zero attached hydrogens (tertiary/aromatic N) is 3. The Balaban J connectivity index is 2.41. The summed E-state index contributed by atoms with van der Waals surface area (Å²) in [4.78, 5) is 8.48. The molecular weight excluding hydrogens is 243 g/mol. The van der Waals surface area contributed by atoms with Gasteiger partial charge < -0.3 is 5.73 Å². The van der Waals surface area contributed by atoms with Gasteiger partial charge in [0.25, 0.3) is 0 Å². The largest absolute Gasteiger partial charge is 0.398 e. The molecule has 2 N–H and O–H groups in total. The fourth-order valence-corrected chi connectivity index (χ4v) is 2.25. The van der Waals surface area contributed by atoms with E-state index in [4.69, 9.17) is 5.73 Å². The summed E-state index contributed by atoms with van der Waals surface area (Å²) in [6.45, 7) is 1.98. The topological polar surface area (TPSA) is 56.7 Å². The minimum absolute atomic E-state index is 0.391. The smallest absolute Gasteiger partial charge is 0.151 e. The van der Waals surface area contributed by atoms with Crippen molar-refractivity contribution in [3.8, 4) is 5.69 Å². The SMILES string of the molecule is CCc1nccn1-c1c(F)cc(N)c2cccnc12. The lowest BCUT2D eigenvalue weighted by Gasteiger charge is -2.12. The number of aromatic nitrogens is 3. The number of hydrogen-bond acceptors (Lipinski definition) is 3. The first-order valence-corrected chi connectivity index (χ1v) is 6.07. The quantitative estimate of drug-likeness (QED) is 0.717. The molecule has 0 atom stereocenters. The predicted molar refractivity (Wildman–Crippen MR) is 72.6 cm³/mol. The van der Waals surface area contributed by atoms with Crippen LogP contribution in [0.15, 0.2) is 36.8 Å². The summed E-state index contributed by atoms with van der Waals surface area (Å²) < 4.78 is 16.0. The van der Waals surface area contributed by atoms with Gasteiger partial charge >= 0.3 is 0 Å². The van der Waals surface area contributed by atoms with Crippen LogP contribution in [-0.2, 0) is 6.42 Å². The van der Waals surface area contributed by atoms with Crippen LogP contribution in [0, 0.1) is 5.82 Å². The number of fused-ring (bicyclic) bond motifs is 1. The van der Waals surface area contributed by atoms with Crippen molar-refractivity contribution in [1.82, 2.24) is 14.5 Å². The van der Waals surface area contributed by atoms with E-state index in [1.807, 2.05) is 13.0 Å². The summed E-state index contributed by atoms with van der Waals surface area (Å²) in [6.07, 6.45) is 5.74. The summed E-state index contributed by atoms with van der Waals surface area (Å²) in [5.41, 5.74) is 7.19. The van der Waals surface area contributed by atoms with Gasteiger partial charge in [-0.2, -0.15) is 0 Å². The molecule has 3 aromatic rings. The Morgan fingerprint density at radius 3 is 2.95 bits per heavy atom. The zero-order valence-corrected chi connectivity index (χ0v) is 10.5. The molecule has 0 saturated carbocycles. The minimum Gasteiger partial charge on any atom is -0.398 e. The molecular formula is C14H13FN4. The molecule has 0 bridgehead atoms. The Labute approximate surface area is 109 Å². The highest BCUT2D eigenvalue weighted by Gasteiger charge is 2.15. The zero-order chi connectivity index (χ0) is 13.4. The number of halogens is 1. The van der Waals surface area contributed by atoms with Crippen molar-refractivity contribution in [3.63, 3.8) is 0 Å². The van der Waals surface area contributed by atoms with E-state index < -0.39 is 5.82 Å². The third-order valence-electron chi connectivity index (χ3n) is 3.13. The van der Waals surface area contributed by atoms with Gasteiger partial charge in [0, 0.05) is 36.1 Å². The maximum atomic E-state index is 14.3. The third-order valence-corrected chi connectivity index (χ3v) is 3.13. The van der Waals surface area contributed by atoms with E-state index in [9.17, 15) is 4.39 Å². The molecule has 19 heavy (non-hydrogen) atoms. The molecule has 0 radical (unpaired) electrons. The molecule has 0 saturated heterocycles. The molecule has 0 aliphatic rings. The second-order valence-corrected chi connectivity index (χ2v) is 4.26. The van der Waals surface area contributed by atoms with E-state index in [0.29, 0.717) is 23.3 Å². The van der Waals surface area contributed by atoms with Gasteiger partial charge in [0.05, 0.1) is 5.52 Å². The van der Waals surface area contributed by atoms with Gasteiger partial charge in [-0.05, 0) is 18.2 Å². The standard InChI is InChI=1S/C14H13FN4/c1-2-12-17-6-7-19(12)14-10(15)8-11(16)9-4-3-5-18-13(9)14/h3-8H,2,16H2,1H3. The Hall–Kier alpha value is -2.43. The molecule has 2 aromatic heterocycles. The van der Waals surface area contributed by atoms with Crippen LogP contribution in [0.5, 0.6) is 0 Å². The average molecular weight is 256 g/mol. The van der Waals surface area contributed by atoms with Gasteiger partial charge in [-0.25, -0.2) is 9.37 Å². The fraction of sp³-hybridized carbons (Fsp3) is 0.143. The number of pyridine rings is 1. The fourth-order valence-electron chi connectivity index (χ4n) is 2.25. The van der Waals surface area contributed by atoms with Gasteiger partial charge in [0.2, 0.25) is 0 Å². The monoisotopic (exact) mass is 256 g/mol. The molecule has 2 heterocycles. The average Bonchev–Trinajstić information content (AvgIpc) is 2.87. The minimum atomic E-state index is -0.392. The van der Waals surface area contributed by atoms with Crippen LogP contribution >= 0.6 is 0 Å². The van der Waals surface area contributed by atoms with Crippen LogP contribution in [0.1, 0.15) is 12.7 Å². The molecule has 5 heteroatoms. The highest BCUT2D eigenvalue weighted by molar-refractivity contribution is 5.95. The Bertz CT molecular complexity index is 748. The molecule has 0 spiro atoms. The van der Waals surface area contributed by atoms with Gasteiger partial charge in [0.15, 0.2) is 5.82 Å². The van der Waals surface area contributed by atoms with E-state index in [1.54, 1.807) is 29.2 Å². The van der Waals surface area contributed by atoms with Crippen LogP contribution < -0.4 is 5.73 Å². The van der Waals surface area contributed by atoms with Crippen molar-refractivity contribution in [1.29, 1.82) is 0 Å². The number of anilines is 1. The van der Waals surface area contributed by atoms with E-state index in [2.05, 4.69) is 9.97 Å². The Kier molecular flexibility index (Phi) is 2.67. The van der Waals surface area contributed by atoms with E-state index in [-0.39, 0.29) is 0 Å². The Morgan fingerprint density at radius 2 is 2.16 bits per heavy atom. The van der Waals surface area contributed by atoms with Crippen LogP contribution in [0.4, 0.5) is 10.1 Å². The molecule has 1 aromatic carbocycles. The summed E-state index contributed by atoms with van der Waals surface area (Å²) >= 11 is 0. The number of aryl methyl sites for hydroxylation is 1. The van der Waals surface area contributed by atoms with Gasteiger partial charge in [-0.1, -0.05) is 6.92 Å². The molecule has 0 aliphatic carbocycles. The highest BCUT2D eigenvalue weighted by Crippen LogP contribution is 2.29.